The second-order valence-corrected chi connectivity index (χ2v) is 7.62. The first-order chi connectivity index (χ1) is 8.84. The SMILES string of the molecule is CC1(C)CCCC(c2ccc(C(C)(C)CO)cc2)C1. The topological polar surface area (TPSA) is 20.2 Å². The quantitative estimate of drug-likeness (QED) is 0.839. The molecule has 0 spiro atoms. The normalized spacial score (nSPS) is 23.3. The van der Waals surface area contributed by atoms with Gasteiger partial charge in [-0.15, -0.1) is 0 Å². The first-order valence-corrected chi connectivity index (χ1v) is 7.55. The van der Waals surface area contributed by atoms with Gasteiger partial charge < -0.3 is 5.11 Å². The lowest BCUT2D eigenvalue weighted by atomic mass is 9.70. The molecule has 0 bridgehead atoms. The summed E-state index contributed by atoms with van der Waals surface area (Å²) in [6.07, 6.45) is 5.34. The van der Waals surface area contributed by atoms with Gasteiger partial charge in [0, 0.05) is 5.41 Å². The molecule has 1 N–H and O–H groups in total. The Morgan fingerprint density at radius 1 is 1.21 bits per heavy atom. The second-order valence-electron chi connectivity index (χ2n) is 7.62. The summed E-state index contributed by atoms with van der Waals surface area (Å²) in [6.45, 7) is 9.16. The van der Waals surface area contributed by atoms with E-state index in [1.807, 2.05) is 0 Å². The van der Waals surface area contributed by atoms with Crippen LogP contribution in [0, 0.1) is 5.41 Å². The first kappa shape index (κ1) is 14.6. The van der Waals surface area contributed by atoms with Gasteiger partial charge in [-0.2, -0.15) is 0 Å². The molecular weight excluding hydrogens is 232 g/mol. The maximum atomic E-state index is 9.43. The Balaban J connectivity index is 2.14. The van der Waals surface area contributed by atoms with Crippen LogP contribution in [0.1, 0.15) is 70.4 Å². The van der Waals surface area contributed by atoms with E-state index in [4.69, 9.17) is 0 Å². The maximum Gasteiger partial charge on any atom is 0.0522 e. The number of rotatable bonds is 3. The van der Waals surface area contributed by atoms with E-state index in [2.05, 4.69) is 52.0 Å². The molecule has 1 atom stereocenters. The van der Waals surface area contributed by atoms with Gasteiger partial charge in [-0.25, -0.2) is 0 Å². The molecule has 0 saturated heterocycles. The molecule has 1 nitrogen and oxygen atoms in total. The third-order valence-electron chi connectivity index (χ3n) is 4.76. The minimum absolute atomic E-state index is 0.135. The van der Waals surface area contributed by atoms with Crippen LogP contribution < -0.4 is 0 Å². The molecule has 1 saturated carbocycles. The third kappa shape index (κ3) is 3.39. The van der Waals surface area contributed by atoms with E-state index in [1.165, 1.54) is 36.8 Å². The summed E-state index contributed by atoms with van der Waals surface area (Å²) < 4.78 is 0. The lowest BCUT2D eigenvalue weighted by molar-refractivity contribution is 0.217. The van der Waals surface area contributed by atoms with E-state index in [1.54, 1.807) is 0 Å². The van der Waals surface area contributed by atoms with Crippen molar-refractivity contribution in [1.29, 1.82) is 0 Å². The van der Waals surface area contributed by atoms with Crippen molar-refractivity contribution in [3.8, 4) is 0 Å². The molecule has 1 unspecified atom stereocenters. The number of hydrogen-bond donors (Lipinski definition) is 1. The fraction of sp³-hybridized carbons (Fsp3) is 0.667. The number of benzene rings is 1. The van der Waals surface area contributed by atoms with Crippen molar-refractivity contribution in [3.05, 3.63) is 35.4 Å². The average Bonchev–Trinajstić information content (AvgIpc) is 2.38. The molecule has 0 aromatic heterocycles. The molecule has 1 aliphatic carbocycles. The van der Waals surface area contributed by atoms with Gasteiger partial charge >= 0.3 is 0 Å². The van der Waals surface area contributed by atoms with Crippen LogP contribution in [0.25, 0.3) is 0 Å². The van der Waals surface area contributed by atoms with Crippen LogP contribution in [-0.4, -0.2) is 11.7 Å². The molecule has 1 fully saturated rings. The zero-order valence-corrected chi connectivity index (χ0v) is 12.9. The lowest BCUT2D eigenvalue weighted by Gasteiger charge is -2.35. The van der Waals surface area contributed by atoms with Crippen molar-refractivity contribution in [2.45, 2.75) is 64.7 Å². The second kappa shape index (κ2) is 5.28. The van der Waals surface area contributed by atoms with Gasteiger partial charge in [-0.05, 0) is 41.7 Å². The fourth-order valence-electron chi connectivity index (χ4n) is 3.28. The van der Waals surface area contributed by atoms with Crippen molar-refractivity contribution in [2.75, 3.05) is 6.61 Å². The van der Waals surface area contributed by atoms with E-state index in [0.717, 1.165) is 5.92 Å². The molecule has 1 aromatic carbocycles. The van der Waals surface area contributed by atoms with Crippen LogP contribution in [0.4, 0.5) is 0 Å². The molecule has 19 heavy (non-hydrogen) atoms. The molecule has 1 heteroatoms. The molecule has 1 aromatic rings. The number of hydrogen-bond acceptors (Lipinski definition) is 1. The van der Waals surface area contributed by atoms with Crippen molar-refractivity contribution < 1.29 is 5.11 Å². The van der Waals surface area contributed by atoms with Crippen LogP contribution in [0.2, 0.25) is 0 Å². The summed E-state index contributed by atoms with van der Waals surface area (Å²) in [5.74, 6) is 0.718. The molecule has 0 radical (unpaired) electrons. The van der Waals surface area contributed by atoms with Gasteiger partial charge in [0.05, 0.1) is 6.61 Å². The summed E-state index contributed by atoms with van der Waals surface area (Å²) in [5.41, 5.74) is 3.06. The number of aliphatic hydroxyl groups excluding tert-OH is 1. The summed E-state index contributed by atoms with van der Waals surface area (Å²) in [7, 11) is 0. The smallest absolute Gasteiger partial charge is 0.0522 e. The summed E-state index contributed by atoms with van der Waals surface area (Å²) in [5, 5.41) is 9.43. The minimum atomic E-state index is -0.135. The van der Waals surface area contributed by atoms with Crippen LogP contribution in [0.3, 0.4) is 0 Å². The van der Waals surface area contributed by atoms with Gasteiger partial charge in [-0.3, -0.25) is 0 Å². The van der Waals surface area contributed by atoms with E-state index in [9.17, 15) is 5.11 Å². The third-order valence-corrected chi connectivity index (χ3v) is 4.76. The van der Waals surface area contributed by atoms with Crippen LogP contribution >= 0.6 is 0 Å². The summed E-state index contributed by atoms with van der Waals surface area (Å²) in [4.78, 5) is 0. The highest BCUT2D eigenvalue weighted by Crippen LogP contribution is 2.43. The Labute approximate surface area is 118 Å². The molecule has 1 aliphatic rings. The van der Waals surface area contributed by atoms with Crippen molar-refractivity contribution >= 4 is 0 Å². The Kier molecular flexibility index (Phi) is 4.06. The summed E-state index contributed by atoms with van der Waals surface area (Å²) >= 11 is 0. The lowest BCUT2D eigenvalue weighted by Crippen LogP contribution is -2.23. The Hall–Kier alpha value is -0.820. The monoisotopic (exact) mass is 260 g/mol. The highest BCUT2D eigenvalue weighted by atomic mass is 16.3. The van der Waals surface area contributed by atoms with Crippen LogP contribution in [0.15, 0.2) is 24.3 Å². The van der Waals surface area contributed by atoms with E-state index in [-0.39, 0.29) is 12.0 Å². The highest BCUT2D eigenvalue weighted by Gasteiger charge is 2.29. The zero-order valence-electron chi connectivity index (χ0n) is 12.9. The highest BCUT2D eigenvalue weighted by molar-refractivity contribution is 5.30. The van der Waals surface area contributed by atoms with Crippen LogP contribution in [-0.2, 0) is 5.41 Å². The molecule has 0 heterocycles. The van der Waals surface area contributed by atoms with Crippen molar-refractivity contribution in [1.82, 2.24) is 0 Å². The van der Waals surface area contributed by atoms with E-state index >= 15 is 0 Å². The van der Waals surface area contributed by atoms with Gasteiger partial charge in [-0.1, -0.05) is 58.4 Å². The van der Waals surface area contributed by atoms with E-state index in [0.29, 0.717) is 5.41 Å². The Bertz CT molecular complexity index is 414. The number of aliphatic hydroxyl groups is 1. The Morgan fingerprint density at radius 2 is 1.84 bits per heavy atom. The predicted octanol–water partition coefficient (Wildman–Crippen LogP) is 4.64. The zero-order chi connectivity index (χ0) is 14.1. The average molecular weight is 260 g/mol. The van der Waals surface area contributed by atoms with Gasteiger partial charge in [0.15, 0.2) is 0 Å². The molecule has 0 aliphatic heterocycles. The molecule has 0 amide bonds. The van der Waals surface area contributed by atoms with Gasteiger partial charge in [0.25, 0.3) is 0 Å². The Morgan fingerprint density at radius 3 is 2.37 bits per heavy atom. The van der Waals surface area contributed by atoms with Crippen molar-refractivity contribution in [3.63, 3.8) is 0 Å². The molecule has 106 valence electrons. The van der Waals surface area contributed by atoms with Crippen LogP contribution in [0.5, 0.6) is 0 Å². The molecule has 2 rings (SSSR count). The first-order valence-electron chi connectivity index (χ1n) is 7.55. The van der Waals surface area contributed by atoms with Gasteiger partial charge in [0.1, 0.15) is 0 Å². The summed E-state index contributed by atoms with van der Waals surface area (Å²) in [6, 6.07) is 8.96. The maximum absolute atomic E-state index is 9.43. The van der Waals surface area contributed by atoms with E-state index < -0.39 is 0 Å². The van der Waals surface area contributed by atoms with Gasteiger partial charge in [0.2, 0.25) is 0 Å². The standard InChI is InChI=1S/C18H28O/c1-17(2)11-5-6-15(12-17)14-7-9-16(10-8-14)18(3,4)13-19/h7-10,15,19H,5-6,11-13H2,1-4H3. The fourth-order valence-corrected chi connectivity index (χ4v) is 3.28. The largest absolute Gasteiger partial charge is 0.395 e. The van der Waals surface area contributed by atoms with Crippen molar-refractivity contribution in [2.24, 2.45) is 5.41 Å². The minimum Gasteiger partial charge on any atom is -0.395 e. The predicted molar refractivity (Wildman–Crippen MR) is 81.5 cm³/mol. The molecular formula is C18H28O.